The van der Waals surface area contributed by atoms with Crippen molar-refractivity contribution in [2.45, 2.75) is 6.54 Å². The molecule has 19 heavy (non-hydrogen) atoms. The van der Waals surface area contributed by atoms with Gasteiger partial charge in [0.25, 0.3) is 0 Å². The lowest BCUT2D eigenvalue weighted by Crippen LogP contribution is -2.05. The maximum absolute atomic E-state index is 13.4. The number of anilines is 1. The minimum Gasteiger partial charge on any atom is -0.375 e. The third kappa shape index (κ3) is 3.01. The van der Waals surface area contributed by atoms with E-state index in [9.17, 15) is 18.9 Å². The van der Waals surface area contributed by atoms with E-state index in [1.165, 1.54) is 0 Å². The molecule has 1 heterocycles. The SMILES string of the molecule is O=[N+]([O-])c1c(F)cc(F)cc1NCc1cccnc1. The number of halogens is 2. The van der Waals surface area contributed by atoms with Crippen molar-refractivity contribution in [3.05, 3.63) is 64.0 Å². The van der Waals surface area contributed by atoms with Gasteiger partial charge in [-0.25, -0.2) is 4.39 Å². The van der Waals surface area contributed by atoms with Crippen molar-refractivity contribution in [3.8, 4) is 0 Å². The largest absolute Gasteiger partial charge is 0.375 e. The number of rotatable bonds is 4. The number of aromatic nitrogens is 1. The Kier molecular flexibility index (Phi) is 3.65. The number of hydrogen-bond donors (Lipinski definition) is 1. The minimum atomic E-state index is -1.21. The highest BCUT2D eigenvalue weighted by atomic mass is 19.1. The van der Waals surface area contributed by atoms with Crippen molar-refractivity contribution in [2.24, 2.45) is 0 Å². The number of benzene rings is 1. The number of nitro benzene ring substituents is 1. The van der Waals surface area contributed by atoms with Crippen LogP contribution in [0.2, 0.25) is 0 Å². The van der Waals surface area contributed by atoms with E-state index in [4.69, 9.17) is 0 Å². The van der Waals surface area contributed by atoms with Crippen LogP contribution in [-0.2, 0) is 6.54 Å². The predicted octanol–water partition coefficient (Wildman–Crippen LogP) is 2.88. The molecule has 1 aromatic carbocycles. The monoisotopic (exact) mass is 265 g/mol. The fourth-order valence-electron chi connectivity index (χ4n) is 1.59. The fraction of sp³-hybridized carbons (Fsp3) is 0.0833. The molecule has 7 heteroatoms. The number of nitro groups is 1. The summed E-state index contributed by atoms with van der Waals surface area (Å²) in [5.41, 5.74) is -0.238. The third-order valence-electron chi connectivity index (χ3n) is 2.42. The molecule has 0 spiro atoms. The Hall–Kier alpha value is -2.57. The highest BCUT2D eigenvalue weighted by Gasteiger charge is 2.21. The second-order valence-electron chi connectivity index (χ2n) is 3.76. The number of pyridine rings is 1. The molecule has 0 bridgehead atoms. The van der Waals surface area contributed by atoms with Gasteiger partial charge in [0, 0.05) is 31.1 Å². The lowest BCUT2D eigenvalue weighted by atomic mass is 10.2. The molecule has 0 unspecified atom stereocenters. The van der Waals surface area contributed by atoms with Crippen LogP contribution in [0.25, 0.3) is 0 Å². The molecule has 0 atom stereocenters. The van der Waals surface area contributed by atoms with Crippen LogP contribution >= 0.6 is 0 Å². The third-order valence-corrected chi connectivity index (χ3v) is 2.42. The van der Waals surface area contributed by atoms with Crippen LogP contribution in [-0.4, -0.2) is 9.91 Å². The van der Waals surface area contributed by atoms with E-state index in [-0.39, 0.29) is 12.2 Å². The van der Waals surface area contributed by atoms with Gasteiger partial charge in [-0.1, -0.05) is 6.07 Å². The van der Waals surface area contributed by atoms with E-state index < -0.39 is 22.2 Å². The van der Waals surface area contributed by atoms with Crippen molar-refractivity contribution >= 4 is 11.4 Å². The number of nitrogens with zero attached hydrogens (tertiary/aromatic N) is 2. The molecule has 0 radical (unpaired) electrons. The van der Waals surface area contributed by atoms with Crippen molar-refractivity contribution in [3.63, 3.8) is 0 Å². The Bertz CT molecular complexity index is 605. The summed E-state index contributed by atoms with van der Waals surface area (Å²) in [5, 5.41) is 13.4. The first kappa shape index (κ1) is 12.9. The Morgan fingerprint density at radius 3 is 2.79 bits per heavy atom. The van der Waals surface area contributed by atoms with Gasteiger partial charge in [-0.15, -0.1) is 0 Å². The summed E-state index contributed by atoms with van der Waals surface area (Å²) in [6, 6.07) is 4.80. The smallest absolute Gasteiger partial charge is 0.327 e. The Balaban J connectivity index is 2.27. The predicted molar refractivity (Wildman–Crippen MR) is 64.6 cm³/mol. The van der Waals surface area contributed by atoms with E-state index in [0.717, 1.165) is 11.6 Å². The maximum Gasteiger partial charge on any atom is 0.327 e. The summed E-state index contributed by atoms with van der Waals surface area (Å²) in [5.74, 6) is -2.09. The van der Waals surface area contributed by atoms with Gasteiger partial charge in [0.15, 0.2) is 0 Å². The van der Waals surface area contributed by atoms with E-state index in [1.54, 1.807) is 24.5 Å². The highest BCUT2D eigenvalue weighted by molar-refractivity contribution is 5.62. The van der Waals surface area contributed by atoms with E-state index in [0.29, 0.717) is 6.07 Å². The lowest BCUT2D eigenvalue weighted by Gasteiger charge is -2.07. The molecule has 0 saturated heterocycles. The second-order valence-corrected chi connectivity index (χ2v) is 3.76. The average Bonchev–Trinajstić information content (AvgIpc) is 2.36. The van der Waals surface area contributed by atoms with Gasteiger partial charge in [-0.2, -0.15) is 4.39 Å². The quantitative estimate of drug-likeness (QED) is 0.681. The average molecular weight is 265 g/mol. The molecule has 2 rings (SSSR count). The summed E-state index contributed by atoms with van der Waals surface area (Å²) in [7, 11) is 0. The topological polar surface area (TPSA) is 68.1 Å². The normalized spacial score (nSPS) is 10.2. The highest BCUT2D eigenvalue weighted by Crippen LogP contribution is 2.29. The Labute approximate surface area is 107 Å². The molecule has 0 saturated carbocycles. The summed E-state index contributed by atoms with van der Waals surface area (Å²) < 4.78 is 26.4. The van der Waals surface area contributed by atoms with Crippen molar-refractivity contribution in [2.75, 3.05) is 5.32 Å². The van der Waals surface area contributed by atoms with Gasteiger partial charge in [0.1, 0.15) is 11.5 Å². The molecule has 5 nitrogen and oxygen atoms in total. The molecule has 1 N–H and O–H groups in total. The Morgan fingerprint density at radius 1 is 1.37 bits per heavy atom. The van der Waals surface area contributed by atoms with E-state index in [2.05, 4.69) is 10.3 Å². The van der Waals surface area contributed by atoms with E-state index >= 15 is 0 Å². The van der Waals surface area contributed by atoms with Crippen LogP contribution < -0.4 is 5.32 Å². The number of hydrogen-bond acceptors (Lipinski definition) is 4. The van der Waals surface area contributed by atoms with Gasteiger partial charge in [0.05, 0.1) is 4.92 Å². The summed E-state index contributed by atoms with van der Waals surface area (Å²) >= 11 is 0. The van der Waals surface area contributed by atoms with Gasteiger partial charge in [-0.05, 0) is 11.6 Å². The molecule has 2 aromatic rings. The molecule has 0 aliphatic heterocycles. The van der Waals surface area contributed by atoms with Gasteiger partial charge >= 0.3 is 5.69 Å². The zero-order chi connectivity index (χ0) is 13.8. The molecule has 98 valence electrons. The van der Waals surface area contributed by atoms with Crippen LogP contribution in [0, 0.1) is 21.7 Å². The first-order valence-electron chi connectivity index (χ1n) is 5.34. The van der Waals surface area contributed by atoms with Gasteiger partial charge in [0.2, 0.25) is 5.82 Å². The standard InChI is InChI=1S/C12H9F2N3O2/c13-9-4-10(14)12(17(18)19)11(5-9)16-7-8-2-1-3-15-6-8/h1-6,16H,7H2. The zero-order valence-electron chi connectivity index (χ0n) is 9.64. The molecular weight excluding hydrogens is 256 g/mol. The Morgan fingerprint density at radius 2 is 2.16 bits per heavy atom. The fourth-order valence-corrected chi connectivity index (χ4v) is 1.59. The minimum absolute atomic E-state index is 0.178. The summed E-state index contributed by atoms with van der Waals surface area (Å²) in [6.45, 7) is 0.178. The van der Waals surface area contributed by atoms with Gasteiger partial charge in [-0.3, -0.25) is 15.1 Å². The van der Waals surface area contributed by atoms with Crippen molar-refractivity contribution in [1.82, 2.24) is 4.98 Å². The molecule has 0 amide bonds. The van der Waals surface area contributed by atoms with Crippen LogP contribution in [0.5, 0.6) is 0 Å². The molecule has 0 aliphatic carbocycles. The molecule has 0 fully saturated rings. The van der Waals surface area contributed by atoms with E-state index in [1.807, 2.05) is 0 Å². The van der Waals surface area contributed by atoms with Gasteiger partial charge < -0.3 is 5.32 Å². The van der Waals surface area contributed by atoms with Crippen molar-refractivity contribution < 1.29 is 13.7 Å². The summed E-state index contributed by atoms with van der Waals surface area (Å²) in [6.07, 6.45) is 3.13. The van der Waals surface area contributed by atoms with Crippen LogP contribution in [0.1, 0.15) is 5.56 Å². The second kappa shape index (κ2) is 5.38. The zero-order valence-corrected chi connectivity index (χ0v) is 9.64. The number of nitrogens with one attached hydrogen (secondary N) is 1. The first-order valence-corrected chi connectivity index (χ1v) is 5.34. The van der Waals surface area contributed by atoms with Crippen molar-refractivity contribution in [1.29, 1.82) is 0 Å². The molecular formula is C12H9F2N3O2. The molecule has 1 aromatic heterocycles. The van der Waals surface area contributed by atoms with Crippen LogP contribution in [0.15, 0.2) is 36.7 Å². The molecule has 0 aliphatic rings. The summed E-state index contributed by atoms with van der Waals surface area (Å²) in [4.78, 5) is 13.7. The van der Waals surface area contributed by atoms with Crippen LogP contribution in [0.4, 0.5) is 20.2 Å². The lowest BCUT2D eigenvalue weighted by molar-refractivity contribution is -0.386. The van der Waals surface area contributed by atoms with Crippen LogP contribution in [0.3, 0.4) is 0 Å². The maximum atomic E-state index is 13.4. The first-order chi connectivity index (χ1) is 9.08.